The summed E-state index contributed by atoms with van der Waals surface area (Å²) in [7, 11) is 0. The lowest BCUT2D eigenvalue weighted by Crippen LogP contribution is -2.30. The van der Waals surface area contributed by atoms with Gasteiger partial charge in [0.05, 0.1) is 0 Å². The van der Waals surface area contributed by atoms with Crippen LogP contribution in [0, 0.1) is 11.7 Å². The predicted molar refractivity (Wildman–Crippen MR) is 94.2 cm³/mol. The average molecular weight is 355 g/mol. The summed E-state index contributed by atoms with van der Waals surface area (Å²) in [6.45, 7) is 3.13. The highest BCUT2D eigenvalue weighted by Crippen LogP contribution is 2.08. The first kappa shape index (κ1) is 19.2. The molecular weight excluding hydrogens is 337 g/mol. The lowest BCUT2D eigenvalue weighted by molar-refractivity contribution is -0.137. The third-order valence-electron chi connectivity index (χ3n) is 3.47. The molecule has 0 radical (unpaired) electrons. The first-order valence-corrected chi connectivity index (χ1v) is 8.02. The van der Waals surface area contributed by atoms with Gasteiger partial charge in [-0.25, -0.2) is 9.18 Å². The summed E-state index contributed by atoms with van der Waals surface area (Å²) in [5, 5.41) is 0. The molecule has 2 aromatic carbocycles. The van der Waals surface area contributed by atoms with Crippen LogP contribution in [-0.2, 0) is 20.9 Å². The van der Waals surface area contributed by atoms with Crippen LogP contribution >= 0.6 is 0 Å². The molecule has 0 aromatic heterocycles. The number of ketones is 1. The third kappa shape index (κ3) is 5.17. The number of amides is 1. The molecule has 0 aliphatic rings. The second-order valence-electron chi connectivity index (χ2n) is 5.85. The zero-order valence-electron chi connectivity index (χ0n) is 14.4. The maximum absolute atomic E-state index is 13.0. The fourth-order valence-corrected chi connectivity index (χ4v) is 2.02. The number of Topliss-reactive ketones (excluding diaryl/α,β-unsaturated/α-hetero) is 1. The van der Waals surface area contributed by atoms with E-state index in [1.807, 2.05) is 6.07 Å². The minimum absolute atomic E-state index is 0.0468. The van der Waals surface area contributed by atoms with E-state index in [0.29, 0.717) is 0 Å². The number of carbonyl (C=O) groups is 3. The van der Waals surface area contributed by atoms with Gasteiger partial charge in [0.25, 0.3) is 5.91 Å². The van der Waals surface area contributed by atoms with E-state index in [9.17, 15) is 18.8 Å². The van der Waals surface area contributed by atoms with Gasteiger partial charge in [0.1, 0.15) is 12.4 Å². The summed E-state index contributed by atoms with van der Waals surface area (Å²) in [6, 6.07) is 13.6. The van der Waals surface area contributed by atoms with E-state index in [1.165, 1.54) is 12.1 Å². The molecule has 0 aliphatic carbocycles. The van der Waals surface area contributed by atoms with Crippen LogP contribution in [0.4, 0.5) is 4.39 Å². The molecule has 0 N–H and O–H groups in total. The summed E-state index contributed by atoms with van der Waals surface area (Å²) in [5.74, 6) is -3.43. The number of nitrogens with zero attached hydrogens (tertiary/aromatic N) is 1. The zero-order valence-corrected chi connectivity index (χ0v) is 14.4. The highest BCUT2D eigenvalue weighted by Gasteiger charge is 2.26. The second-order valence-corrected chi connectivity index (χ2v) is 5.85. The van der Waals surface area contributed by atoms with Crippen molar-refractivity contribution in [3.8, 4) is 0 Å². The maximum Gasteiger partial charge on any atom is 0.361 e. The van der Waals surface area contributed by atoms with Crippen LogP contribution in [0.25, 0.3) is 0 Å². The van der Waals surface area contributed by atoms with Crippen molar-refractivity contribution in [3.05, 3.63) is 71.5 Å². The smallest absolute Gasteiger partial charge is 0.361 e. The van der Waals surface area contributed by atoms with E-state index in [2.05, 4.69) is 4.99 Å². The summed E-state index contributed by atoms with van der Waals surface area (Å²) in [4.78, 5) is 40.4. The predicted octanol–water partition coefficient (Wildman–Crippen LogP) is 3.38. The Balaban J connectivity index is 2.21. The number of carbonyl (C=O) groups excluding carboxylic acids is 3. The van der Waals surface area contributed by atoms with E-state index in [1.54, 1.807) is 38.1 Å². The van der Waals surface area contributed by atoms with Crippen molar-refractivity contribution in [2.75, 3.05) is 0 Å². The van der Waals surface area contributed by atoms with Crippen LogP contribution in [0.5, 0.6) is 0 Å². The Bertz CT molecular complexity index is 827. The molecule has 0 atom stereocenters. The SMILES string of the molecule is CC(C)C(=O)C(=NC(=O)c1ccc(F)cc1)C(=O)OCc1ccccc1. The molecule has 1 amide bonds. The number of hydrogen-bond donors (Lipinski definition) is 0. The summed E-state index contributed by atoms with van der Waals surface area (Å²) < 4.78 is 18.1. The molecule has 26 heavy (non-hydrogen) atoms. The normalized spacial score (nSPS) is 11.3. The molecule has 0 aliphatic heterocycles. The van der Waals surface area contributed by atoms with Gasteiger partial charge in [-0.1, -0.05) is 44.2 Å². The van der Waals surface area contributed by atoms with Crippen molar-refractivity contribution in [3.63, 3.8) is 0 Å². The molecule has 6 heteroatoms. The van der Waals surface area contributed by atoms with Crippen molar-refractivity contribution in [1.82, 2.24) is 0 Å². The van der Waals surface area contributed by atoms with Gasteiger partial charge in [0.2, 0.25) is 0 Å². The van der Waals surface area contributed by atoms with Gasteiger partial charge < -0.3 is 4.74 Å². The lowest BCUT2D eigenvalue weighted by atomic mass is 10.0. The van der Waals surface area contributed by atoms with Crippen molar-refractivity contribution < 1.29 is 23.5 Å². The van der Waals surface area contributed by atoms with Gasteiger partial charge in [-0.2, -0.15) is 4.99 Å². The van der Waals surface area contributed by atoms with Crippen LogP contribution in [0.3, 0.4) is 0 Å². The van der Waals surface area contributed by atoms with Gasteiger partial charge in [0.15, 0.2) is 11.5 Å². The fourth-order valence-electron chi connectivity index (χ4n) is 2.02. The molecule has 0 heterocycles. The first-order valence-electron chi connectivity index (χ1n) is 8.02. The Kier molecular flexibility index (Phi) is 6.49. The van der Waals surface area contributed by atoms with E-state index >= 15 is 0 Å². The summed E-state index contributed by atoms with van der Waals surface area (Å²) in [5.41, 5.74) is 0.239. The van der Waals surface area contributed by atoms with Crippen LogP contribution in [0.2, 0.25) is 0 Å². The second kappa shape index (κ2) is 8.80. The fraction of sp³-hybridized carbons (Fsp3) is 0.200. The van der Waals surface area contributed by atoms with Crippen LogP contribution < -0.4 is 0 Å². The topological polar surface area (TPSA) is 72.8 Å². The molecule has 0 fully saturated rings. The van der Waals surface area contributed by atoms with Crippen LogP contribution in [-0.4, -0.2) is 23.4 Å². The summed E-state index contributed by atoms with van der Waals surface area (Å²) in [6.07, 6.45) is 0. The highest BCUT2D eigenvalue weighted by atomic mass is 19.1. The van der Waals surface area contributed by atoms with Crippen molar-refractivity contribution in [2.45, 2.75) is 20.5 Å². The molecule has 2 rings (SSSR count). The Morgan fingerprint density at radius 1 is 1.00 bits per heavy atom. The molecule has 0 saturated heterocycles. The Labute approximate surface area is 150 Å². The van der Waals surface area contributed by atoms with Gasteiger partial charge in [0, 0.05) is 11.5 Å². The maximum atomic E-state index is 13.0. The highest BCUT2D eigenvalue weighted by molar-refractivity contribution is 6.65. The molecule has 134 valence electrons. The number of esters is 1. The van der Waals surface area contributed by atoms with E-state index in [4.69, 9.17) is 4.74 Å². The van der Waals surface area contributed by atoms with Gasteiger partial charge in [-0.05, 0) is 29.8 Å². The van der Waals surface area contributed by atoms with Crippen molar-refractivity contribution in [2.24, 2.45) is 10.9 Å². The van der Waals surface area contributed by atoms with Crippen molar-refractivity contribution >= 4 is 23.4 Å². The number of rotatable bonds is 6. The first-order chi connectivity index (χ1) is 12.4. The Morgan fingerprint density at radius 2 is 1.62 bits per heavy atom. The minimum atomic E-state index is -0.969. The average Bonchev–Trinajstić information content (AvgIpc) is 2.64. The number of aliphatic imine (C=N–C) groups is 1. The molecule has 2 aromatic rings. The van der Waals surface area contributed by atoms with Gasteiger partial charge >= 0.3 is 5.97 Å². The van der Waals surface area contributed by atoms with E-state index in [-0.39, 0.29) is 12.2 Å². The van der Waals surface area contributed by atoms with Crippen LogP contribution in [0.1, 0.15) is 29.8 Å². The largest absolute Gasteiger partial charge is 0.456 e. The molecule has 0 unspecified atom stereocenters. The quantitative estimate of drug-likeness (QED) is 0.452. The monoisotopic (exact) mass is 355 g/mol. The van der Waals surface area contributed by atoms with Crippen LogP contribution in [0.15, 0.2) is 59.6 Å². The van der Waals surface area contributed by atoms with Crippen molar-refractivity contribution in [1.29, 1.82) is 0 Å². The molecule has 0 spiro atoms. The van der Waals surface area contributed by atoms with Gasteiger partial charge in [-0.15, -0.1) is 0 Å². The number of hydrogen-bond acceptors (Lipinski definition) is 4. The molecule has 0 bridgehead atoms. The Hall–Kier alpha value is -3.15. The minimum Gasteiger partial charge on any atom is -0.456 e. The number of ether oxygens (including phenoxy) is 1. The standard InChI is InChI=1S/C20H18FNO4/c1-13(2)18(23)17(20(25)26-12-14-6-4-3-5-7-14)22-19(24)15-8-10-16(21)11-9-15/h3-11,13H,12H2,1-2H3. The number of halogens is 1. The summed E-state index contributed by atoms with van der Waals surface area (Å²) >= 11 is 0. The molecular formula is C20H18FNO4. The van der Waals surface area contributed by atoms with Gasteiger partial charge in [-0.3, -0.25) is 9.59 Å². The van der Waals surface area contributed by atoms with E-state index < -0.39 is 35.1 Å². The lowest BCUT2D eigenvalue weighted by Gasteiger charge is -2.09. The molecule has 5 nitrogen and oxygen atoms in total. The Morgan fingerprint density at radius 3 is 2.19 bits per heavy atom. The third-order valence-corrected chi connectivity index (χ3v) is 3.47. The number of benzene rings is 2. The molecule has 0 saturated carbocycles. The van der Waals surface area contributed by atoms with E-state index in [0.717, 1.165) is 17.7 Å². The zero-order chi connectivity index (χ0) is 19.1.